The fourth-order valence-electron chi connectivity index (χ4n) is 1.90. The zero-order valence-corrected chi connectivity index (χ0v) is 13.9. The van der Waals surface area contributed by atoms with Crippen LogP contribution in [0.25, 0.3) is 0 Å². The third-order valence-electron chi connectivity index (χ3n) is 3.40. The lowest BCUT2D eigenvalue weighted by atomic mass is 10.0. The highest BCUT2D eigenvalue weighted by molar-refractivity contribution is 7.98. The number of hydrogen-bond acceptors (Lipinski definition) is 5. The number of benzene rings is 1. The molecule has 0 aliphatic carbocycles. The predicted molar refractivity (Wildman–Crippen MR) is 86.6 cm³/mol. The highest BCUT2D eigenvalue weighted by Crippen LogP contribution is 2.24. The number of aromatic nitrogens is 2. The summed E-state index contributed by atoms with van der Waals surface area (Å²) in [5.74, 6) is 2.73. The first-order chi connectivity index (χ1) is 10.1. The molecule has 0 radical (unpaired) electrons. The van der Waals surface area contributed by atoms with E-state index in [1.807, 2.05) is 7.05 Å². The van der Waals surface area contributed by atoms with Gasteiger partial charge >= 0.3 is 0 Å². The first-order valence-corrected chi connectivity index (χ1v) is 8.28. The van der Waals surface area contributed by atoms with Gasteiger partial charge in [-0.25, -0.2) is 0 Å². The van der Waals surface area contributed by atoms with Crippen molar-refractivity contribution in [2.45, 2.75) is 49.8 Å². The Labute approximate surface area is 130 Å². The summed E-state index contributed by atoms with van der Waals surface area (Å²) in [6, 6.07) is 9.02. The van der Waals surface area contributed by atoms with E-state index in [1.165, 1.54) is 10.5 Å². The Balaban J connectivity index is 1.88. The van der Waals surface area contributed by atoms with Crippen molar-refractivity contribution in [2.75, 3.05) is 7.05 Å². The van der Waals surface area contributed by atoms with E-state index in [1.54, 1.807) is 11.8 Å². The quantitative estimate of drug-likeness (QED) is 0.792. The Morgan fingerprint density at radius 2 is 1.90 bits per heavy atom. The van der Waals surface area contributed by atoms with E-state index in [2.05, 4.69) is 60.5 Å². The molecule has 21 heavy (non-hydrogen) atoms. The van der Waals surface area contributed by atoms with Gasteiger partial charge in [0.15, 0.2) is 5.82 Å². The van der Waals surface area contributed by atoms with Crippen LogP contribution in [0.2, 0.25) is 0 Å². The molecule has 2 rings (SSSR count). The molecular formula is C16H23N3OS. The van der Waals surface area contributed by atoms with Crippen LogP contribution in [0.4, 0.5) is 0 Å². The lowest BCUT2D eigenvalue weighted by molar-refractivity contribution is 0.382. The molecule has 114 valence electrons. The molecule has 0 fully saturated rings. The second-order valence-electron chi connectivity index (χ2n) is 5.51. The van der Waals surface area contributed by atoms with Crippen molar-refractivity contribution in [1.82, 2.24) is 15.5 Å². The van der Waals surface area contributed by atoms with Crippen molar-refractivity contribution in [3.63, 3.8) is 0 Å². The zero-order valence-electron chi connectivity index (χ0n) is 13.1. The third-order valence-corrected chi connectivity index (χ3v) is 4.40. The van der Waals surface area contributed by atoms with E-state index in [-0.39, 0.29) is 0 Å². The van der Waals surface area contributed by atoms with Gasteiger partial charge in [0.1, 0.15) is 0 Å². The SMILES string of the molecule is CNC(C)Cc1noc(CSc2ccc(C(C)C)cc2)n1. The zero-order chi connectivity index (χ0) is 15.2. The topological polar surface area (TPSA) is 51.0 Å². The second kappa shape index (κ2) is 7.61. The number of hydrogen-bond donors (Lipinski definition) is 1. The number of nitrogens with zero attached hydrogens (tertiary/aromatic N) is 2. The highest BCUT2D eigenvalue weighted by atomic mass is 32.2. The first kappa shape index (κ1) is 16.0. The number of thioether (sulfide) groups is 1. The van der Waals surface area contributed by atoms with E-state index < -0.39 is 0 Å². The lowest BCUT2D eigenvalue weighted by Gasteiger charge is -2.05. The fourth-order valence-corrected chi connectivity index (χ4v) is 2.64. The fraction of sp³-hybridized carbons (Fsp3) is 0.500. The maximum Gasteiger partial charge on any atom is 0.237 e. The summed E-state index contributed by atoms with van der Waals surface area (Å²) < 4.78 is 5.28. The van der Waals surface area contributed by atoms with Gasteiger partial charge in [-0.3, -0.25) is 0 Å². The monoisotopic (exact) mass is 305 g/mol. The van der Waals surface area contributed by atoms with Crippen molar-refractivity contribution in [3.8, 4) is 0 Å². The van der Waals surface area contributed by atoms with E-state index >= 15 is 0 Å². The maximum absolute atomic E-state index is 5.28. The lowest BCUT2D eigenvalue weighted by Crippen LogP contribution is -2.24. The molecular weight excluding hydrogens is 282 g/mol. The van der Waals surface area contributed by atoms with Crippen LogP contribution in [0.5, 0.6) is 0 Å². The molecule has 0 saturated carbocycles. The molecule has 1 atom stereocenters. The van der Waals surface area contributed by atoms with Crippen LogP contribution in [0.1, 0.15) is 44.0 Å². The molecule has 1 unspecified atom stereocenters. The van der Waals surface area contributed by atoms with Crippen molar-refractivity contribution >= 4 is 11.8 Å². The van der Waals surface area contributed by atoms with Gasteiger partial charge < -0.3 is 9.84 Å². The van der Waals surface area contributed by atoms with E-state index in [9.17, 15) is 0 Å². The molecule has 0 saturated heterocycles. The average Bonchev–Trinajstić information content (AvgIpc) is 2.93. The van der Waals surface area contributed by atoms with Gasteiger partial charge in [-0.2, -0.15) is 4.98 Å². The van der Waals surface area contributed by atoms with Crippen LogP contribution in [0, 0.1) is 0 Å². The van der Waals surface area contributed by atoms with Gasteiger partial charge in [0.25, 0.3) is 0 Å². The molecule has 0 aliphatic rings. The summed E-state index contributed by atoms with van der Waals surface area (Å²) in [4.78, 5) is 5.65. The number of likely N-dealkylation sites (N-methyl/N-ethyl adjacent to an activating group) is 1. The summed E-state index contributed by atoms with van der Waals surface area (Å²) in [5.41, 5.74) is 1.36. The third kappa shape index (κ3) is 4.86. The van der Waals surface area contributed by atoms with E-state index in [0.29, 0.717) is 23.6 Å². The summed E-state index contributed by atoms with van der Waals surface area (Å²) in [6.45, 7) is 6.50. The van der Waals surface area contributed by atoms with Gasteiger partial charge in [-0.15, -0.1) is 11.8 Å². The van der Waals surface area contributed by atoms with Crippen LogP contribution >= 0.6 is 11.8 Å². The summed E-state index contributed by atoms with van der Waals surface area (Å²) >= 11 is 1.72. The molecule has 2 aromatic rings. The summed E-state index contributed by atoms with van der Waals surface area (Å²) in [6.07, 6.45) is 0.785. The molecule has 4 nitrogen and oxygen atoms in total. The molecule has 0 bridgehead atoms. The van der Waals surface area contributed by atoms with Crippen molar-refractivity contribution in [2.24, 2.45) is 0 Å². The van der Waals surface area contributed by atoms with Gasteiger partial charge in [-0.1, -0.05) is 31.1 Å². The smallest absolute Gasteiger partial charge is 0.237 e. The second-order valence-corrected chi connectivity index (χ2v) is 6.56. The van der Waals surface area contributed by atoms with Crippen LogP contribution in [0.3, 0.4) is 0 Å². The predicted octanol–water partition coefficient (Wildman–Crippen LogP) is 3.64. The van der Waals surface area contributed by atoms with Crippen molar-refractivity contribution < 1.29 is 4.52 Å². The minimum atomic E-state index is 0.353. The average molecular weight is 305 g/mol. The van der Waals surface area contributed by atoms with Gasteiger partial charge in [-0.05, 0) is 37.6 Å². The van der Waals surface area contributed by atoms with Gasteiger partial charge in [0.2, 0.25) is 5.89 Å². The normalized spacial score (nSPS) is 12.8. The molecule has 0 aliphatic heterocycles. The van der Waals surface area contributed by atoms with Crippen molar-refractivity contribution in [1.29, 1.82) is 0 Å². The summed E-state index contributed by atoms with van der Waals surface area (Å²) in [5, 5.41) is 7.18. The largest absolute Gasteiger partial charge is 0.338 e. The maximum atomic E-state index is 5.28. The van der Waals surface area contributed by atoms with Gasteiger partial charge in [0, 0.05) is 17.4 Å². The standard InChI is InChI=1S/C16H23N3OS/c1-11(2)13-5-7-14(8-6-13)21-10-16-18-15(19-20-16)9-12(3)17-4/h5-8,11-12,17H,9-10H2,1-4H3. The van der Waals surface area contributed by atoms with Crippen LogP contribution in [0.15, 0.2) is 33.7 Å². The molecule has 1 aromatic carbocycles. The molecule has 0 amide bonds. The molecule has 0 spiro atoms. The molecule has 5 heteroatoms. The molecule has 1 heterocycles. The summed E-state index contributed by atoms with van der Waals surface area (Å²) in [7, 11) is 1.93. The minimum Gasteiger partial charge on any atom is -0.338 e. The Morgan fingerprint density at radius 3 is 2.52 bits per heavy atom. The Kier molecular flexibility index (Phi) is 5.82. The van der Waals surface area contributed by atoms with E-state index in [4.69, 9.17) is 4.52 Å². The van der Waals surface area contributed by atoms with E-state index in [0.717, 1.165) is 12.2 Å². The Hall–Kier alpha value is -1.33. The molecule has 1 N–H and O–H groups in total. The number of nitrogens with one attached hydrogen (secondary N) is 1. The Morgan fingerprint density at radius 1 is 1.19 bits per heavy atom. The first-order valence-electron chi connectivity index (χ1n) is 7.30. The van der Waals surface area contributed by atoms with Crippen LogP contribution < -0.4 is 5.32 Å². The van der Waals surface area contributed by atoms with Crippen LogP contribution in [-0.4, -0.2) is 23.2 Å². The molecule has 1 aromatic heterocycles. The Bertz CT molecular complexity index is 551. The van der Waals surface area contributed by atoms with Gasteiger partial charge in [0.05, 0.1) is 5.75 Å². The number of rotatable bonds is 7. The highest BCUT2D eigenvalue weighted by Gasteiger charge is 2.09. The van der Waals surface area contributed by atoms with Crippen LogP contribution in [-0.2, 0) is 12.2 Å². The van der Waals surface area contributed by atoms with Crippen molar-refractivity contribution in [3.05, 3.63) is 41.5 Å². The minimum absolute atomic E-state index is 0.353.